The van der Waals surface area contributed by atoms with E-state index in [9.17, 15) is 8.42 Å². The highest BCUT2D eigenvalue weighted by Gasteiger charge is 2.21. The van der Waals surface area contributed by atoms with Crippen LogP contribution in [0.5, 0.6) is 0 Å². The molecule has 1 aliphatic rings. The second-order valence-corrected chi connectivity index (χ2v) is 6.87. The van der Waals surface area contributed by atoms with Crippen LogP contribution in [-0.4, -0.2) is 45.2 Å². The van der Waals surface area contributed by atoms with E-state index in [1.807, 2.05) is 0 Å². The molecular formula is C12H26N2O2S. The number of rotatable bonds is 7. The second-order valence-electron chi connectivity index (χ2n) is 5.09. The molecule has 1 heterocycles. The number of hydrogen-bond acceptors (Lipinski definition) is 3. The Morgan fingerprint density at radius 3 is 2.71 bits per heavy atom. The summed E-state index contributed by atoms with van der Waals surface area (Å²) in [5, 5.41) is 0. The van der Waals surface area contributed by atoms with Gasteiger partial charge in [-0.1, -0.05) is 26.2 Å². The van der Waals surface area contributed by atoms with Crippen LogP contribution in [0.15, 0.2) is 0 Å². The van der Waals surface area contributed by atoms with Gasteiger partial charge >= 0.3 is 0 Å². The zero-order chi connectivity index (χ0) is 12.7. The number of sulfonamides is 1. The van der Waals surface area contributed by atoms with Crippen LogP contribution >= 0.6 is 0 Å². The first-order valence-electron chi connectivity index (χ1n) is 6.71. The van der Waals surface area contributed by atoms with E-state index < -0.39 is 10.0 Å². The third-order valence-electron chi connectivity index (χ3n) is 3.21. The first-order valence-corrected chi connectivity index (χ1v) is 8.60. The van der Waals surface area contributed by atoms with Crippen LogP contribution in [0.2, 0.25) is 0 Å². The number of hydrogen-bond donors (Lipinski definition) is 1. The lowest BCUT2D eigenvalue weighted by molar-refractivity contribution is 0.198. The largest absolute Gasteiger partial charge is 0.302 e. The van der Waals surface area contributed by atoms with Crippen molar-refractivity contribution >= 4 is 10.0 Å². The fraction of sp³-hybridized carbons (Fsp3) is 1.00. The van der Waals surface area contributed by atoms with E-state index in [-0.39, 0.29) is 6.04 Å². The molecule has 0 spiro atoms. The quantitative estimate of drug-likeness (QED) is 0.709. The molecule has 0 radical (unpaired) electrons. The highest BCUT2D eigenvalue weighted by Crippen LogP contribution is 2.12. The van der Waals surface area contributed by atoms with Crippen molar-refractivity contribution in [3.8, 4) is 0 Å². The summed E-state index contributed by atoms with van der Waals surface area (Å²) in [7, 11) is -3.05. The average molecular weight is 262 g/mol. The van der Waals surface area contributed by atoms with Crippen LogP contribution in [0.1, 0.15) is 45.4 Å². The minimum Gasteiger partial charge on any atom is -0.302 e. The maximum atomic E-state index is 11.2. The van der Waals surface area contributed by atoms with Crippen LogP contribution in [0.4, 0.5) is 0 Å². The molecule has 1 N–H and O–H groups in total. The van der Waals surface area contributed by atoms with Gasteiger partial charge in [0.05, 0.1) is 6.26 Å². The highest BCUT2D eigenvalue weighted by molar-refractivity contribution is 7.88. The van der Waals surface area contributed by atoms with Gasteiger partial charge in [-0.15, -0.1) is 0 Å². The molecule has 17 heavy (non-hydrogen) atoms. The molecule has 102 valence electrons. The molecule has 4 nitrogen and oxygen atoms in total. The first-order chi connectivity index (χ1) is 8.01. The van der Waals surface area contributed by atoms with E-state index >= 15 is 0 Å². The van der Waals surface area contributed by atoms with Crippen molar-refractivity contribution in [2.45, 2.75) is 51.5 Å². The summed E-state index contributed by atoms with van der Waals surface area (Å²) in [5.74, 6) is 0. The van der Waals surface area contributed by atoms with Crippen LogP contribution in [0.25, 0.3) is 0 Å². The molecule has 0 aromatic heterocycles. The number of likely N-dealkylation sites (tertiary alicyclic amines) is 1. The second kappa shape index (κ2) is 7.34. The van der Waals surface area contributed by atoms with E-state index in [1.54, 1.807) is 0 Å². The zero-order valence-corrected chi connectivity index (χ0v) is 11.9. The Kier molecular flexibility index (Phi) is 6.44. The SMILES string of the molecule is CCCCCCN1CCCC(NS(C)(=O)=O)C1. The van der Waals surface area contributed by atoms with Crippen molar-refractivity contribution in [1.82, 2.24) is 9.62 Å². The normalized spacial score (nSPS) is 22.8. The number of piperidine rings is 1. The summed E-state index contributed by atoms with van der Waals surface area (Å²) in [6, 6.07) is 0.116. The molecule has 1 aliphatic heterocycles. The monoisotopic (exact) mass is 262 g/mol. The Morgan fingerprint density at radius 2 is 2.06 bits per heavy atom. The number of unbranched alkanes of at least 4 members (excludes halogenated alkanes) is 3. The Morgan fingerprint density at radius 1 is 1.29 bits per heavy atom. The molecule has 0 aromatic carbocycles. The lowest BCUT2D eigenvalue weighted by atomic mass is 10.1. The van der Waals surface area contributed by atoms with Crippen molar-refractivity contribution in [2.24, 2.45) is 0 Å². The molecule has 0 bridgehead atoms. The lowest BCUT2D eigenvalue weighted by Gasteiger charge is -2.32. The van der Waals surface area contributed by atoms with E-state index in [0.717, 1.165) is 32.5 Å². The lowest BCUT2D eigenvalue weighted by Crippen LogP contribution is -2.47. The summed E-state index contributed by atoms with van der Waals surface area (Å²) < 4.78 is 25.1. The summed E-state index contributed by atoms with van der Waals surface area (Å²) in [6.07, 6.45) is 8.40. The van der Waals surface area contributed by atoms with Gasteiger partial charge in [0, 0.05) is 12.6 Å². The minimum absolute atomic E-state index is 0.116. The van der Waals surface area contributed by atoms with Gasteiger partial charge < -0.3 is 4.90 Å². The highest BCUT2D eigenvalue weighted by atomic mass is 32.2. The molecule has 5 heteroatoms. The van der Waals surface area contributed by atoms with Crippen molar-refractivity contribution in [3.05, 3.63) is 0 Å². The molecule has 0 saturated carbocycles. The van der Waals surface area contributed by atoms with Gasteiger partial charge in [-0.2, -0.15) is 0 Å². The molecule has 1 fully saturated rings. The van der Waals surface area contributed by atoms with Gasteiger partial charge in [0.1, 0.15) is 0 Å². The molecular weight excluding hydrogens is 236 g/mol. The topological polar surface area (TPSA) is 49.4 Å². The predicted molar refractivity (Wildman–Crippen MR) is 71.6 cm³/mol. The summed E-state index contributed by atoms with van der Waals surface area (Å²) in [5.41, 5.74) is 0. The van der Waals surface area contributed by atoms with Gasteiger partial charge in [-0.3, -0.25) is 0 Å². The Bertz CT molecular complexity index is 304. The van der Waals surface area contributed by atoms with Crippen LogP contribution in [-0.2, 0) is 10.0 Å². The molecule has 1 atom stereocenters. The van der Waals surface area contributed by atoms with Gasteiger partial charge in [0.25, 0.3) is 0 Å². The zero-order valence-electron chi connectivity index (χ0n) is 11.1. The van der Waals surface area contributed by atoms with Gasteiger partial charge in [0.15, 0.2) is 0 Å². The fourth-order valence-electron chi connectivity index (χ4n) is 2.42. The Hall–Kier alpha value is -0.130. The maximum absolute atomic E-state index is 11.2. The molecule has 0 aromatic rings. The van der Waals surface area contributed by atoms with E-state index in [4.69, 9.17) is 0 Å². The minimum atomic E-state index is -3.05. The molecule has 1 unspecified atom stereocenters. The molecule has 1 rings (SSSR count). The van der Waals surface area contributed by atoms with Crippen molar-refractivity contribution in [1.29, 1.82) is 0 Å². The smallest absolute Gasteiger partial charge is 0.208 e. The van der Waals surface area contributed by atoms with Crippen LogP contribution in [0.3, 0.4) is 0 Å². The maximum Gasteiger partial charge on any atom is 0.208 e. The third kappa shape index (κ3) is 7.01. The van der Waals surface area contributed by atoms with Crippen molar-refractivity contribution in [3.63, 3.8) is 0 Å². The van der Waals surface area contributed by atoms with Gasteiger partial charge in [0.2, 0.25) is 10.0 Å². The number of nitrogens with one attached hydrogen (secondary N) is 1. The first kappa shape index (κ1) is 14.9. The van der Waals surface area contributed by atoms with Crippen molar-refractivity contribution < 1.29 is 8.42 Å². The van der Waals surface area contributed by atoms with Gasteiger partial charge in [-0.05, 0) is 32.4 Å². The Balaban J connectivity index is 2.24. The van der Waals surface area contributed by atoms with Crippen LogP contribution < -0.4 is 4.72 Å². The third-order valence-corrected chi connectivity index (χ3v) is 3.98. The van der Waals surface area contributed by atoms with E-state index in [0.29, 0.717) is 0 Å². The predicted octanol–water partition coefficient (Wildman–Crippen LogP) is 1.58. The Labute approximate surface area is 106 Å². The van der Waals surface area contributed by atoms with Crippen molar-refractivity contribution in [2.75, 3.05) is 25.9 Å². The fourth-order valence-corrected chi connectivity index (χ4v) is 3.22. The summed E-state index contributed by atoms with van der Waals surface area (Å²) in [6.45, 7) is 5.32. The molecule has 1 saturated heterocycles. The average Bonchev–Trinajstić information content (AvgIpc) is 2.23. The molecule has 0 aliphatic carbocycles. The number of nitrogens with zero attached hydrogens (tertiary/aromatic N) is 1. The van der Waals surface area contributed by atoms with Crippen LogP contribution in [0, 0.1) is 0 Å². The van der Waals surface area contributed by atoms with E-state index in [1.165, 1.54) is 31.9 Å². The summed E-state index contributed by atoms with van der Waals surface area (Å²) in [4.78, 5) is 2.39. The van der Waals surface area contributed by atoms with E-state index in [2.05, 4.69) is 16.5 Å². The summed E-state index contributed by atoms with van der Waals surface area (Å²) >= 11 is 0. The standard InChI is InChI=1S/C12H26N2O2S/c1-3-4-5-6-9-14-10-7-8-12(11-14)13-17(2,15)16/h12-13H,3-11H2,1-2H3. The van der Waals surface area contributed by atoms with Gasteiger partial charge in [-0.25, -0.2) is 13.1 Å². The molecule has 0 amide bonds.